The van der Waals surface area contributed by atoms with Crippen molar-refractivity contribution in [2.45, 2.75) is 32.2 Å². The number of rotatable bonds is 8. The number of aliphatic hydroxyl groups is 1. The number of amides is 1. The molecule has 8 heteroatoms. The number of carbonyl (C=O) groups is 2. The van der Waals surface area contributed by atoms with Gasteiger partial charge in [0.15, 0.2) is 22.9 Å². The number of methoxy groups -OCH3 is 1. The summed E-state index contributed by atoms with van der Waals surface area (Å²) in [5.74, 6) is -1.38. The number of unbranched alkanes of at least 4 members (excludes halogenated alkanes) is 2. The van der Waals surface area contributed by atoms with E-state index in [1.165, 1.54) is 18.1 Å². The first-order valence-electron chi connectivity index (χ1n) is 10.4. The van der Waals surface area contributed by atoms with Crippen LogP contribution in [0.4, 0.5) is 0 Å². The molecule has 3 heterocycles. The molecule has 2 aromatic heterocycles. The van der Waals surface area contributed by atoms with Crippen LogP contribution in [0.3, 0.4) is 0 Å². The molecule has 1 amide bonds. The highest BCUT2D eigenvalue weighted by molar-refractivity contribution is 6.31. The predicted molar refractivity (Wildman–Crippen MR) is 120 cm³/mol. The Kier molecular flexibility index (Phi) is 6.19. The second-order valence-corrected chi connectivity index (χ2v) is 8.03. The maximum Gasteiger partial charge on any atom is 0.290 e. The number of benzene rings is 1. The molecule has 1 N–H and O–H groups in total. The maximum atomic E-state index is 13.5. The van der Waals surface area contributed by atoms with E-state index in [1.807, 2.05) is 0 Å². The minimum Gasteiger partial charge on any atom is -0.503 e. The van der Waals surface area contributed by atoms with Gasteiger partial charge in [0.05, 0.1) is 18.4 Å². The van der Waals surface area contributed by atoms with Gasteiger partial charge in [0, 0.05) is 29.2 Å². The molecular weight excluding hydrogens is 432 g/mol. The van der Waals surface area contributed by atoms with Crippen LogP contribution in [-0.4, -0.2) is 40.3 Å². The van der Waals surface area contributed by atoms with Crippen molar-refractivity contribution in [3.8, 4) is 5.75 Å². The number of pyridine rings is 1. The molecule has 1 aliphatic heterocycles. The van der Waals surface area contributed by atoms with Crippen molar-refractivity contribution in [3.63, 3.8) is 0 Å². The number of carbonyl (C=O) groups excluding carboxylic acids is 2. The van der Waals surface area contributed by atoms with Crippen molar-refractivity contribution in [1.29, 1.82) is 0 Å². The maximum absolute atomic E-state index is 13.5. The quantitative estimate of drug-likeness (QED) is 0.368. The average Bonchev–Trinajstić information content (AvgIpc) is 3.33. The molecule has 1 aliphatic rings. The largest absolute Gasteiger partial charge is 0.503 e. The van der Waals surface area contributed by atoms with Crippen molar-refractivity contribution in [1.82, 2.24) is 9.88 Å². The number of nitrogens with zero attached hydrogens (tertiary/aromatic N) is 2. The molecule has 166 valence electrons. The summed E-state index contributed by atoms with van der Waals surface area (Å²) in [4.78, 5) is 32.3. The highest BCUT2D eigenvalue weighted by Crippen LogP contribution is 2.40. The fourth-order valence-electron chi connectivity index (χ4n) is 3.98. The van der Waals surface area contributed by atoms with Gasteiger partial charge < -0.3 is 19.2 Å². The summed E-state index contributed by atoms with van der Waals surface area (Å²) in [6.45, 7) is 2.47. The lowest BCUT2D eigenvalue weighted by Crippen LogP contribution is -2.32. The van der Waals surface area contributed by atoms with Gasteiger partial charge in [0.2, 0.25) is 5.78 Å². The van der Waals surface area contributed by atoms with Gasteiger partial charge in [-0.25, -0.2) is 0 Å². The number of ketones is 1. The molecule has 4 rings (SSSR count). The average molecular weight is 455 g/mol. The number of furan rings is 1. The van der Waals surface area contributed by atoms with Gasteiger partial charge in [-0.15, -0.1) is 0 Å². The number of fused-ring (bicyclic) bond motifs is 1. The standard InChI is InChI=1S/C24H23ClN2O5/c1-3-4-7-10-27-20(16-8-5-6-9-26-16)19(22(29)24(27)30)21(28)17-12-14-11-15(25)13-18(31-2)23(14)32-17/h5-6,8-9,11-13,20,29H,3-4,7,10H2,1-2H3. The number of Topliss-reactive ketones (excluding diaryl/α,β-unsaturated/α-hetero) is 1. The SMILES string of the molecule is CCCCCN1C(=O)C(O)=C(C(=O)c2cc3cc(Cl)cc(OC)c3o2)C1c1ccccn1. The number of ether oxygens (including phenoxy) is 1. The van der Waals surface area contributed by atoms with Crippen molar-refractivity contribution >= 4 is 34.3 Å². The van der Waals surface area contributed by atoms with Crippen LogP contribution in [0.5, 0.6) is 5.75 Å². The summed E-state index contributed by atoms with van der Waals surface area (Å²) in [5.41, 5.74) is 0.814. The van der Waals surface area contributed by atoms with Gasteiger partial charge in [-0.3, -0.25) is 14.6 Å². The normalized spacial score (nSPS) is 16.3. The van der Waals surface area contributed by atoms with Crippen molar-refractivity contribution in [2.24, 2.45) is 0 Å². The first-order valence-corrected chi connectivity index (χ1v) is 10.8. The minimum absolute atomic E-state index is 0.0220. The fourth-order valence-corrected chi connectivity index (χ4v) is 4.19. The number of aliphatic hydroxyl groups excluding tert-OH is 1. The van der Waals surface area contributed by atoms with Gasteiger partial charge in [-0.05, 0) is 30.7 Å². The van der Waals surface area contributed by atoms with Gasteiger partial charge in [0.25, 0.3) is 5.91 Å². The van der Waals surface area contributed by atoms with E-state index >= 15 is 0 Å². The first kappa shape index (κ1) is 21.9. The lowest BCUT2D eigenvalue weighted by molar-refractivity contribution is -0.129. The predicted octanol–water partition coefficient (Wildman–Crippen LogP) is 5.26. The Balaban J connectivity index is 1.78. The molecule has 1 unspecified atom stereocenters. The number of hydrogen-bond donors (Lipinski definition) is 1. The molecule has 32 heavy (non-hydrogen) atoms. The topological polar surface area (TPSA) is 92.9 Å². The summed E-state index contributed by atoms with van der Waals surface area (Å²) in [6, 6.07) is 9.24. The molecule has 0 fully saturated rings. The fraction of sp³-hybridized carbons (Fsp3) is 0.292. The third kappa shape index (κ3) is 3.84. The Morgan fingerprint density at radius 1 is 1.28 bits per heavy atom. The molecule has 1 atom stereocenters. The van der Waals surface area contributed by atoms with E-state index in [2.05, 4.69) is 11.9 Å². The second-order valence-electron chi connectivity index (χ2n) is 7.59. The van der Waals surface area contributed by atoms with E-state index < -0.39 is 23.5 Å². The van der Waals surface area contributed by atoms with Crippen molar-refractivity contribution in [3.05, 3.63) is 70.4 Å². The van der Waals surface area contributed by atoms with E-state index in [-0.39, 0.29) is 11.3 Å². The summed E-state index contributed by atoms with van der Waals surface area (Å²) in [5, 5.41) is 11.7. The van der Waals surface area contributed by atoms with E-state index in [1.54, 1.807) is 36.5 Å². The molecule has 1 aromatic carbocycles. The molecule has 0 bridgehead atoms. The molecular formula is C24H23ClN2O5. The summed E-state index contributed by atoms with van der Waals surface area (Å²) >= 11 is 6.13. The zero-order chi connectivity index (χ0) is 22.8. The molecule has 3 aromatic rings. The number of hydrogen-bond acceptors (Lipinski definition) is 6. The summed E-state index contributed by atoms with van der Waals surface area (Å²) < 4.78 is 11.1. The Labute approximate surface area is 190 Å². The lowest BCUT2D eigenvalue weighted by atomic mass is 9.98. The van der Waals surface area contributed by atoms with E-state index in [0.29, 0.717) is 34.0 Å². The van der Waals surface area contributed by atoms with Crippen LogP contribution in [0.25, 0.3) is 11.0 Å². The summed E-state index contributed by atoms with van der Waals surface area (Å²) in [6.07, 6.45) is 4.24. The number of aromatic nitrogens is 1. The third-order valence-corrected chi connectivity index (χ3v) is 5.73. The zero-order valence-electron chi connectivity index (χ0n) is 17.8. The van der Waals surface area contributed by atoms with Gasteiger partial charge in [-0.1, -0.05) is 37.4 Å². The Morgan fingerprint density at radius 3 is 2.78 bits per heavy atom. The Hall–Kier alpha value is -3.32. The molecule has 0 saturated carbocycles. The third-order valence-electron chi connectivity index (χ3n) is 5.51. The Morgan fingerprint density at radius 2 is 2.09 bits per heavy atom. The molecule has 0 aliphatic carbocycles. The highest BCUT2D eigenvalue weighted by atomic mass is 35.5. The van der Waals surface area contributed by atoms with E-state index in [9.17, 15) is 14.7 Å². The van der Waals surface area contributed by atoms with Crippen LogP contribution in [-0.2, 0) is 4.79 Å². The Bertz CT molecular complexity index is 1200. The minimum atomic E-state index is -0.799. The van der Waals surface area contributed by atoms with Crippen LogP contribution in [0, 0.1) is 0 Å². The smallest absolute Gasteiger partial charge is 0.290 e. The van der Waals surface area contributed by atoms with Crippen molar-refractivity contribution < 1.29 is 23.8 Å². The van der Waals surface area contributed by atoms with Crippen LogP contribution in [0.2, 0.25) is 5.02 Å². The highest BCUT2D eigenvalue weighted by Gasteiger charge is 2.45. The van der Waals surface area contributed by atoms with Gasteiger partial charge in [-0.2, -0.15) is 0 Å². The molecule has 7 nitrogen and oxygen atoms in total. The van der Waals surface area contributed by atoms with E-state index in [4.69, 9.17) is 20.8 Å². The zero-order valence-corrected chi connectivity index (χ0v) is 18.6. The first-order chi connectivity index (χ1) is 15.5. The molecule has 0 saturated heterocycles. The van der Waals surface area contributed by atoms with Crippen LogP contribution >= 0.6 is 11.6 Å². The lowest BCUT2D eigenvalue weighted by Gasteiger charge is -2.25. The molecule has 0 radical (unpaired) electrons. The van der Waals surface area contributed by atoms with Crippen LogP contribution < -0.4 is 4.74 Å². The molecule has 0 spiro atoms. The number of halogens is 1. The van der Waals surface area contributed by atoms with Gasteiger partial charge in [0.1, 0.15) is 6.04 Å². The van der Waals surface area contributed by atoms with Gasteiger partial charge >= 0.3 is 0 Å². The second kappa shape index (κ2) is 9.04. The monoisotopic (exact) mass is 454 g/mol. The summed E-state index contributed by atoms with van der Waals surface area (Å²) in [7, 11) is 1.48. The van der Waals surface area contributed by atoms with Crippen molar-refractivity contribution in [2.75, 3.05) is 13.7 Å². The van der Waals surface area contributed by atoms with Crippen LogP contribution in [0.1, 0.15) is 48.5 Å². The van der Waals surface area contributed by atoms with E-state index in [0.717, 1.165) is 19.3 Å². The van der Waals surface area contributed by atoms with Crippen LogP contribution in [0.15, 0.2) is 58.3 Å².